The second-order valence-corrected chi connectivity index (χ2v) is 9.75. The van der Waals surface area contributed by atoms with Gasteiger partial charge in [0.05, 0.1) is 4.90 Å². The lowest BCUT2D eigenvalue weighted by Crippen LogP contribution is -2.38. The first-order chi connectivity index (χ1) is 11.3. The van der Waals surface area contributed by atoms with E-state index in [-0.39, 0.29) is 4.90 Å². The van der Waals surface area contributed by atoms with Crippen LogP contribution < -0.4 is 0 Å². The Morgan fingerprint density at radius 3 is 2.42 bits per heavy atom. The fourth-order valence-electron chi connectivity index (χ4n) is 3.99. The van der Waals surface area contributed by atoms with E-state index in [0.717, 1.165) is 19.5 Å². The van der Waals surface area contributed by atoms with Crippen molar-refractivity contribution in [1.29, 1.82) is 0 Å². The van der Waals surface area contributed by atoms with E-state index in [1.807, 2.05) is 0 Å². The van der Waals surface area contributed by atoms with Gasteiger partial charge in [-0.15, -0.1) is 0 Å². The van der Waals surface area contributed by atoms with E-state index in [1.54, 1.807) is 4.31 Å². The van der Waals surface area contributed by atoms with E-state index in [0.29, 0.717) is 24.5 Å². The summed E-state index contributed by atoms with van der Waals surface area (Å²) in [7, 11) is -3.53. The molecular formula is C18H27FN2O2S. The van der Waals surface area contributed by atoms with Crippen molar-refractivity contribution in [3.05, 3.63) is 30.1 Å². The van der Waals surface area contributed by atoms with Gasteiger partial charge in [-0.25, -0.2) is 12.8 Å². The molecule has 1 aromatic carbocycles. The Kier molecular flexibility index (Phi) is 5.00. The van der Waals surface area contributed by atoms with Gasteiger partial charge in [0.15, 0.2) is 0 Å². The molecule has 24 heavy (non-hydrogen) atoms. The fourth-order valence-corrected chi connectivity index (χ4v) is 5.46. The zero-order chi connectivity index (χ0) is 17.4. The molecule has 1 aromatic rings. The fraction of sp³-hybridized carbons (Fsp3) is 0.667. The van der Waals surface area contributed by atoms with Crippen LogP contribution in [0.3, 0.4) is 0 Å². The minimum atomic E-state index is -3.53. The molecule has 1 heterocycles. The van der Waals surface area contributed by atoms with Crippen molar-refractivity contribution < 1.29 is 12.8 Å². The van der Waals surface area contributed by atoms with Gasteiger partial charge in [-0.05, 0) is 61.9 Å². The first kappa shape index (κ1) is 17.8. The van der Waals surface area contributed by atoms with Gasteiger partial charge in [0.1, 0.15) is 5.82 Å². The predicted molar refractivity (Wildman–Crippen MR) is 92.8 cm³/mol. The van der Waals surface area contributed by atoms with Crippen LogP contribution in [0.15, 0.2) is 29.2 Å². The van der Waals surface area contributed by atoms with Crippen molar-refractivity contribution in [3.63, 3.8) is 0 Å². The summed E-state index contributed by atoms with van der Waals surface area (Å²) < 4.78 is 40.1. The molecule has 1 saturated carbocycles. The summed E-state index contributed by atoms with van der Waals surface area (Å²) in [6.45, 7) is 7.41. The number of sulfonamides is 1. The van der Waals surface area contributed by atoms with Crippen LogP contribution in [0.1, 0.15) is 39.5 Å². The molecule has 2 aliphatic rings. The van der Waals surface area contributed by atoms with Crippen molar-refractivity contribution >= 4 is 10.0 Å². The molecule has 0 amide bonds. The quantitative estimate of drug-likeness (QED) is 0.837. The van der Waals surface area contributed by atoms with Crippen molar-refractivity contribution in [2.45, 2.75) is 50.5 Å². The van der Waals surface area contributed by atoms with E-state index >= 15 is 0 Å². The van der Waals surface area contributed by atoms with Crippen LogP contribution in [0.2, 0.25) is 0 Å². The predicted octanol–water partition coefficient (Wildman–Crippen LogP) is 3.10. The van der Waals surface area contributed by atoms with E-state index in [2.05, 4.69) is 18.7 Å². The van der Waals surface area contributed by atoms with Gasteiger partial charge in [0.25, 0.3) is 0 Å². The molecule has 4 nitrogen and oxygen atoms in total. The van der Waals surface area contributed by atoms with E-state index in [4.69, 9.17) is 0 Å². The van der Waals surface area contributed by atoms with Crippen LogP contribution in [-0.4, -0.2) is 49.8 Å². The lowest BCUT2D eigenvalue weighted by molar-refractivity contribution is 0.195. The van der Waals surface area contributed by atoms with Crippen molar-refractivity contribution in [2.75, 3.05) is 26.2 Å². The maximum atomic E-state index is 13.1. The smallest absolute Gasteiger partial charge is 0.243 e. The maximum Gasteiger partial charge on any atom is 0.243 e. The van der Waals surface area contributed by atoms with Crippen LogP contribution in [0.4, 0.5) is 4.39 Å². The molecule has 0 radical (unpaired) electrons. The van der Waals surface area contributed by atoms with E-state index < -0.39 is 15.8 Å². The molecule has 1 atom stereocenters. The highest BCUT2D eigenvalue weighted by atomic mass is 32.2. The number of rotatable bonds is 3. The third-order valence-corrected chi connectivity index (χ3v) is 7.31. The van der Waals surface area contributed by atoms with Crippen LogP contribution in [0.5, 0.6) is 0 Å². The van der Waals surface area contributed by atoms with Crippen molar-refractivity contribution in [3.8, 4) is 0 Å². The van der Waals surface area contributed by atoms with Crippen LogP contribution in [0.25, 0.3) is 0 Å². The third-order valence-electron chi connectivity index (χ3n) is 5.40. The summed E-state index contributed by atoms with van der Waals surface area (Å²) in [6.07, 6.45) is 4.48. The number of benzene rings is 1. The van der Waals surface area contributed by atoms with Gasteiger partial charge in [-0.3, -0.25) is 4.90 Å². The Bertz CT molecular complexity index is 673. The normalized spacial score (nSPS) is 26.4. The van der Waals surface area contributed by atoms with Gasteiger partial charge < -0.3 is 0 Å². The SMILES string of the molecule is CC1(C)CCC(N2CCCN(S(=O)(=O)c3ccc(F)cc3)CC2)C1. The molecule has 0 spiro atoms. The Balaban J connectivity index is 1.68. The first-order valence-electron chi connectivity index (χ1n) is 8.78. The Hall–Kier alpha value is -0.980. The lowest BCUT2D eigenvalue weighted by Gasteiger charge is -2.28. The molecule has 6 heteroatoms. The minimum absolute atomic E-state index is 0.180. The summed E-state index contributed by atoms with van der Waals surface area (Å²) in [6, 6.07) is 5.70. The van der Waals surface area contributed by atoms with Gasteiger partial charge in [-0.1, -0.05) is 13.8 Å². The zero-order valence-electron chi connectivity index (χ0n) is 14.5. The summed E-state index contributed by atoms with van der Waals surface area (Å²) in [5, 5.41) is 0. The van der Waals surface area contributed by atoms with Gasteiger partial charge in [-0.2, -0.15) is 4.31 Å². The van der Waals surface area contributed by atoms with Crippen LogP contribution >= 0.6 is 0 Å². The maximum absolute atomic E-state index is 13.1. The average Bonchev–Trinajstić information content (AvgIpc) is 2.74. The lowest BCUT2D eigenvalue weighted by atomic mass is 9.91. The summed E-state index contributed by atoms with van der Waals surface area (Å²) in [5.41, 5.74) is 0.400. The van der Waals surface area contributed by atoms with Gasteiger partial charge >= 0.3 is 0 Å². The molecule has 0 N–H and O–H groups in total. The number of hydrogen-bond donors (Lipinski definition) is 0. The number of halogens is 1. The molecule has 3 rings (SSSR count). The Morgan fingerprint density at radius 2 is 1.79 bits per heavy atom. The highest BCUT2D eigenvalue weighted by Crippen LogP contribution is 2.39. The van der Waals surface area contributed by atoms with Crippen LogP contribution in [0, 0.1) is 11.2 Å². The highest BCUT2D eigenvalue weighted by Gasteiger charge is 2.36. The Labute approximate surface area is 144 Å². The first-order valence-corrected chi connectivity index (χ1v) is 10.2. The molecule has 1 saturated heterocycles. The molecule has 0 aromatic heterocycles. The average molecular weight is 354 g/mol. The number of hydrogen-bond acceptors (Lipinski definition) is 3. The third kappa shape index (κ3) is 3.81. The summed E-state index contributed by atoms with van der Waals surface area (Å²) >= 11 is 0. The molecule has 134 valence electrons. The molecular weight excluding hydrogens is 327 g/mol. The standard InChI is InChI=1S/C18H27FN2O2S/c1-18(2)9-8-16(14-18)20-10-3-11-21(13-12-20)24(22,23)17-6-4-15(19)5-7-17/h4-7,16H,3,8-14H2,1-2H3. The molecule has 0 bridgehead atoms. The molecule has 1 aliphatic carbocycles. The molecule has 1 aliphatic heterocycles. The number of nitrogens with zero attached hydrogens (tertiary/aromatic N) is 2. The highest BCUT2D eigenvalue weighted by molar-refractivity contribution is 7.89. The monoisotopic (exact) mass is 354 g/mol. The second kappa shape index (κ2) is 6.73. The second-order valence-electron chi connectivity index (χ2n) is 7.81. The molecule has 1 unspecified atom stereocenters. The largest absolute Gasteiger partial charge is 0.299 e. The van der Waals surface area contributed by atoms with E-state index in [1.165, 1.54) is 43.5 Å². The zero-order valence-corrected chi connectivity index (χ0v) is 15.4. The van der Waals surface area contributed by atoms with Gasteiger partial charge in [0.2, 0.25) is 10.0 Å². The van der Waals surface area contributed by atoms with Gasteiger partial charge in [0, 0.05) is 25.7 Å². The van der Waals surface area contributed by atoms with Crippen LogP contribution in [-0.2, 0) is 10.0 Å². The minimum Gasteiger partial charge on any atom is -0.299 e. The van der Waals surface area contributed by atoms with Crippen molar-refractivity contribution in [1.82, 2.24) is 9.21 Å². The summed E-state index contributed by atoms with van der Waals surface area (Å²) in [4.78, 5) is 2.65. The summed E-state index contributed by atoms with van der Waals surface area (Å²) in [5.74, 6) is -0.417. The Morgan fingerprint density at radius 1 is 1.08 bits per heavy atom. The topological polar surface area (TPSA) is 40.6 Å². The van der Waals surface area contributed by atoms with Crippen molar-refractivity contribution in [2.24, 2.45) is 5.41 Å². The van der Waals surface area contributed by atoms with E-state index in [9.17, 15) is 12.8 Å². The molecule has 2 fully saturated rings.